The second kappa shape index (κ2) is 27.1. The zero-order valence-corrected chi connectivity index (χ0v) is 59.2. The van der Waals surface area contributed by atoms with Gasteiger partial charge >= 0.3 is 0 Å². The Morgan fingerprint density at radius 3 is 0.769 bits per heavy atom. The molecule has 0 fully saturated rings. The molecule has 0 atom stereocenters. The van der Waals surface area contributed by atoms with Crippen molar-refractivity contribution in [2.75, 3.05) is 9.80 Å². The number of rotatable bonds is 15. The van der Waals surface area contributed by atoms with Crippen LogP contribution in [0.5, 0.6) is 0 Å². The molecule has 0 aliphatic carbocycles. The normalized spacial score (nSPS) is 11.5. The fraction of sp³-hybridized carbons (Fsp3) is 0. The van der Waals surface area contributed by atoms with Crippen molar-refractivity contribution in [3.8, 4) is 89.5 Å². The minimum Gasteiger partial charge on any atom is -0.310 e. The van der Waals surface area contributed by atoms with Crippen molar-refractivity contribution in [1.82, 2.24) is 9.13 Å². The van der Waals surface area contributed by atoms with Crippen LogP contribution in [0, 0.1) is 0 Å². The maximum absolute atomic E-state index is 2.49. The molecule has 0 spiro atoms. The summed E-state index contributed by atoms with van der Waals surface area (Å²) in [5.74, 6) is 0. The van der Waals surface area contributed by atoms with Gasteiger partial charge in [-0.15, -0.1) is 0 Å². The molecule has 2 aromatic heterocycles. The van der Waals surface area contributed by atoms with Crippen LogP contribution < -0.4 is 9.80 Å². The Hall–Kier alpha value is -14.3. The van der Waals surface area contributed by atoms with Gasteiger partial charge in [0.15, 0.2) is 0 Å². The number of aromatic nitrogens is 2. The second-order valence-corrected chi connectivity index (χ2v) is 27.9. The average molecular weight is 1380 g/mol. The molecular formula is C104H70N4. The summed E-state index contributed by atoms with van der Waals surface area (Å²) >= 11 is 0. The quantitative estimate of drug-likeness (QED) is 0.0951. The fourth-order valence-corrected chi connectivity index (χ4v) is 16.7. The van der Waals surface area contributed by atoms with Crippen molar-refractivity contribution in [2.45, 2.75) is 0 Å². The monoisotopic (exact) mass is 1370 g/mol. The van der Waals surface area contributed by atoms with Crippen LogP contribution in [-0.4, -0.2) is 9.13 Å². The lowest BCUT2D eigenvalue weighted by Crippen LogP contribution is -2.11. The number of hydrogen-bond acceptors (Lipinski definition) is 2. The topological polar surface area (TPSA) is 16.3 Å². The molecule has 4 heteroatoms. The largest absolute Gasteiger partial charge is 0.310 e. The van der Waals surface area contributed by atoms with Crippen molar-refractivity contribution < 1.29 is 0 Å². The van der Waals surface area contributed by atoms with Gasteiger partial charge in [-0.25, -0.2) is 0 Å². The lowest BCUT2D eigenvalue weighted by Gasteiger charge is -2.28. The van der Waals surface area contributed by atoms with Crippen LogP contribution in [-0.2, 0) is 0 Å². The van der Waals surface area contributed by atoms with Crippen molar-refractivity contribution in [1.29, 1.82) is 0 Å². The molecule has 20 aromatic rings. The molecule has 20 rings (SSSR count). The van der Waals surface area contributed by atoms with E-state index < -0.39 is 0 Å². The van der Waals surface area contributed by atoms with Gasteiger partial charge in [0.2, 0.25) is 0 Å². The molecular weight excluding hydrogens is 1310 g/mol. The summed E-state index contributed by atoms with van der Waals surface area (Å²) in [6, 6.07) is 156. The average Bonchev–Trinajstić information content (AvgIpc) is 1.40. The van der Waals surface area contributed by atoms with Crippen LogP contribution in [0.1, 0.15) is 0 Å². The van der Waals surface area contributed by atoms with Gasteiger partial charge in [-0.3, -0.25) is 0 Å². The number of nitrogens with zero attached hydrogens (tertiary/aromatic N) is 4. The summed E-state index contributed by atoms with van der Waals surface area (Å²) in [6.45, 7) is 0. The first-order valence-electron chi connectivity index (χ1n) is 37.1. The van der Waals surface area contributed by atoms with E-state index in [2.05, 4.69) is 444 Å². The summed E-state index contributed by atoms with van der Waals surface area (Å²) in [7, 11) is 0. The van der Waals surface area contributed by atoms with E-state index in [0.29, 0.717) is 0 Å². The molecule has 0 aliphatic heterocycles. The zero-order valence-electron chi connectivity index (χ0n) is 59.2. The second-order valence-electron chi connectivity index (χ2n) is 27.9. The summed E-state index contributed by atoms with van der Waals surface area (Å²) in [4.78, 5) is 4.87. The van der Waals surface area contributed by atoms with Crippen molar-refractivity contribution in [2.24, 2.45) is 0 Å². The minimum atomic E-state index is 1.06. The van der Waals surface area contributed by atoms with Crippen molar-refractivity contribution >= 4 is 99.0 Å². The Morgan fingerprint density at radius 2 is 0.426 bits per heavy atom. The van der Waals surface area contributed by atoms with Gasteiger partial charge in [0.05, 0.1) is 33.8 Å². The molecule has 0 unspecified atom stereocenters. The van der Waals surface area contributed by atoms with Crippen LogP contribution in [0.15, 0.2) is 425 Å². The summed E-state index contributed by atoms with van der Waals surface area (Å²) < 4.78 is 4.98. The van der Waals surface area contributed by atoms with E-state index >= 15 is 0 Å². The molecule has 0 aliphatic rings. The molecule has 506 valence electrons. The molecule has 0 N–H and O–H groups in total. The van der Waals surface area contributed by atoms with E-state index in [4.69, 9.17) is 0 Å². The van der Waals surface area contributed by atoms with Gasteiger partial charge in [0.1, 0.15) is 0 Å². The number of hydrogen-bond donors (Lipinski definition) is 0. The van der Waals surface area contributed by atoms with Gasteiger partial charge < -0.3 is 18.9 Å². The maximum atomic E-state index is 2.49. The lowest BCUT2D eigenvalue weighted by atomic mass is 9.94. The van der Waals surface area contributed by atoms with Crippen LogP contribution >= 0.6 is 0 Å². The molecule has 0 radical (unpaired) electrons. The molecule has 18 aromatic carbocycles. The van der Waals surface area contributed by atoms with E-state index in [1.807, 2.05) is 0 Å². The van der Waals surface area contributed by atoms with Gasteiger partial charge in [0.25, 0.3) is 0 Å². The van der Waals surface area contributed by atoms with E-state index in [1.165, 1.54) is 76.5 Å². The van der Waals surface area contributed by atoms with Gasteiger partial charge in [-0.05, 0) is 197 Å². The van der Waals surface area contributed by atoms with E-state index in [0.717, 1.165) is 112 Å². The van der Waals surface area contributed by atoms with Gasteiger partial charge in [-0.2, -0.15) is 0 Å². The van der Waals surface area contributed by atoms with Crippen LogP contribution in [0.4, 0.5) is 34.1 Å². The summed E-state index contributed by atoms with van der Waals surface area (Å²) in [5, 5.41) is 12.0. The Balaban J connectivity index is 0.747. The van der Waals surface area contributed by atoms with Crippen LogP contribution in [0.25, 0.3) is 154 Å². The predicted molar refractivity (Wildman–Crippen MR) is 458 cm³/mol. The highest BCUT2D eigenvalue weighted by atomic mass is 15.2. The Morgan fingerprint density at radius 1 is 0.167 bits per heavy atom. The minimum absolute atomic E-state index is 1.06. The highest BCUT2D eigenvalue weighted by Crippen LogP contribution is 2.50. The maximum Gasteiger partial charge on any atom is 0.0619 e. The predicted octanol–water partition coefficient (Wildman–Crippen LogP) is 28.8. The third-order valence-corrected chi connectivity index (χ3v) is 21.7. The van der Waals surface area contributed by atoms with Gasteiger partial charge in [0, 0.05) is 66.8 Å². The smallest absolute Gasteiger partial charge is 0.0619 e. The van der Waals surface area contributed by atoms with E-state index in [-0.39, 0.29) is 0 Å². The number of anilines is 6. The highest BCUT2D eigenvalue weighted by molar-refractivity contribution is 6.17. The third kappa shape index (κ3) is 11.2. The Labute approximate surface area is 628 Å². The SMILES string of the molecule is c1ccc(-c2ccc(N(c3ccc(-n4c(-c5ccccc5)c(-c5ccccc5)c5cc(-c6ccc7c(c6)c(-c6ccccc6)c(-c6ccccc6)n7-c6ccc(N(c7ccc(-c8ccccc8)cc7)c7cc8ccccc8c8ccccc78)cc6)ccc54)cc3)c3cc4ccccc4c4ccccc34)cc2)cc1. The molecule has 0 amide bonds. The first-order valence-corrected chi connectivity index (χ1v) is 37.1. The zero-order chi connectivity index (χ0) is 71.4. The standard InChI is InChI=1S/C104H70N4/c1-7-27-71(28-8-1)73-47-53-83(54-48-73)105(99-69-81-39-19-21-41-89(81)91-43-23-25-45-93(91)99)85-57-61-87(62-58-85)107-97-65-51-79(67-95(97)101(75-31-11-3-12-32-75)103(107)77-35-15-5-16-36-77)80-52-66-98-96(68-80)102(76-33-13-4-14-34-76)104(78-37-17-6-18-38-78)108(98)88-63-59-86(60-64-88)106(84-55-49-74(50-56-84)72-29-9-2-10-30-72)100-70-82-40-20-22-42-90(82)92-44-24-26-46-94(92)100/h1-70H. The number of fused-ring (bicyclic) bond motifs is 8. The highest BCUT2D eigenvalue weighted by Gasteiger charge is 2.27. The number of benzene rings is 18. The van der Waals surface area contributed by atoms with Gasteiger partial charge in [-0.1, -0.05) is 315 Å². The Kier molecular flexibility index (Phi) is 15.9. The first-order chi connectivity index (χ1) is 53.6. The molecule has 0 bridgehead atoms. The molecule has 4 nitrogen and oxygen atoms in total. The van der Waals surface area contributed by atoms with Crippen LogP contribution in [0.3, 0.4) is 0 Å². The third-order valence-electron chi connectivity index (χ3n) is 21.7. The van der Waals surface area contributed by atoms with Crippen molar-refractivity contribution in [3.63, 3.8) is 0 Å². The summed E-state index contributed by atoms with van der Waals surface area (Å²) in [6.07, 6.45) is 0. The van der Waals surface area contributed by atoms with Crippen molar-refractivity contribution in [3.05, 3.63) is 425 Å². The molecule has 108 heavy (non-hydrogen) atoms. The van der Waals surface area contributed by atoms with E-state index in [1.54, 1.807) is 0 Å². The Bertz CT molecular complexity index is 6300. The summed E-state index contributed by atoms with van der Waals surface area (Å²) in [5.41, 5.74) is 27.0. The lowest BCUT2D eigenvalue weighted by molar-refractivity contribution is 1.13. The molecule has 2 heterocycles. The molecule has 0 saturated heterocycles. The van der Waals surface area contributed by atoms with Crippen LogP contribution in [0.2, 0.25) is 0 Å². The first kappa shape index (κ1) is 63.4. The molecule has 0 saturated carbocycles. The fourth-order valence-electron chi connectivity index (χ4n) is 16.7. The van der Waals surface area contributed by atoms with E-state index in [9.17, 15) is 0 Å².